The summed E-state index contributed by atoms with van der Waals surface area (Å²) in [6.07, 6.45) is 14.1. The van der Waals surface area contributed by atoms with E-state index >= 15 is 0 Å². The van der Waals surface area contributed by atoms with E-state index in [1.54, 1.807) is 0 Å². The van der Waals surface area contributed by atoms with Gasteiger partial charge in [0.2, 0.25) is 0 Å². The van der Waals surface area contributed by atoms with E-state index in [0.717, 1.165) is 7.87 Å². The van der Waals surface area contributed by atoms with Gasteiger partial charge in [0.15, 0.2) is 0 Å². The van der Waals surface area contributed by atoms with Crippen LogP contribution in [0.25, 0.3) is 0 Å². The number of hydrogen-bond acceptors (Lipinski definition) is 0. The van der Waals surface area contributed by atoms with Crippen LogP contribution < -0.4 is 7.16 Å². The minimum atomic E-state index is -1.75. The van der Waals surface area contributed by atoms with Crippen molar-refractivity contribution in [1.82, 2.24) is 0 Å². The van der Waals surface area contributed by atoms with Gasteiger partial charge in [-0.2, -0.15) is 0 Å². The van der Waals surface area contributed by atoms with Gasteiger partial charge < -0.3 is 5.48 Å². The Hall–Kier alpha value is 0.577. The summed E-state index contributed by atoms with van der Waals surface area (Å²) in [4.78, 5) is 0. The standard InChI is InChI=1S/2C6H11.2C6H5.2ClH.H2O.2Sn/c4*1-2-4-6-5-3-1;;;;;/h2*1H,2-6H2;2*1-5H;2*1H;1H2;;/q;;;;;;;2*+1/p-2. The molecule has 2 aliphatic carbocycles. The fourth-order valence-corrected chi connectivity index (χ4v) is 19.8. The molecule has 0 bridgehead atoms. The van der Waals surface area contributed by atoms with Crippen LogP contribution in [0.2, 0.25) is 7.87 Å². The molecule has 2 N–H and O–H groups in total. The van der Waals surface area contributed by atoms with Gasteiger partial charge in [0, 0.05) is 0 Å². The van der Waals surface area contributed by atoms with E-state index in [4.69, 9.17) is 17.8 Å². The molecule has 1 nitrogen and oxygen atoms in total. The van der Waals surface area contributed by atoms with E-state index in [1.165, 1.54) is 71.4 Å². The quantitative estimate of drug-likeness (QED) is 0.360. The fraction of sp³-hybridized carbons (Fsp3) is 0.500. The third-order valence-corrected chi connectivity index (χ3v) is 25.5. The summed E-state index contributed by atoms with van der Waals surface area (Å²) in [6.45, 7) is 0. The Morgan fingerprint density at radius 1 is 0.517 bits per heavy atom. The molecule has 4 rings (SSSR count). The van der Waals surface area contributed by atoms with E-state index in [0.29, 0.717) is 0 Å². The first-order valence-electron chi connectivity index (χ1n) is 10.9. The Labute approximate surface area is 198 Å². The molecule has 0 spiro atoms. The molecule has 2 aromatic rings. The summed E-state index contributed by atoms with van der Waals surface area (Å²) in [5.74, 6) is 0. The normalized spacial score (nSPS) is 18.1. The van der Waals surface area contributed by atoms with Gasteiger partial charge in [0.1, 0.15) is 0 Å². The number of rotatable bonds is 4. The van der Waals surface area contributed by atoms with E-state index in [-0.39, 0.29) is 5.48 Å². The topological polar surface area (TPSA) is 31.5 Å². The molecule has 2 saturated carbocycles. The molecule has 5 heteroatoms. The molecule has 2 radical (unpaired) electrons. The van der Waals surface area contributed by atoms with Crippen molar-refractivity contribution in [2.24, 2.45) is 0 Å². The average molecular weight is 647 g/mol. The molecule has 0 saturated heterocycles. The first kappa shape index (κ1) is 25.8. The molecule has 2 aliphatic rings. The Bertz CT molecular complexity index is 600. The number of benzene rings is 2. The number of halogens is 2. The van der Waals surface area contributed by atoms with Crippen molar-refractivity contribution in [2.75, 3.05) is 0 Å². The van der Waals surface area contributed by atoms with Gasteiger partial charge in [-0.1, -0.05) is 0 Å². The molecule has 29 heavy (non-hydrogen) atoms. The van der Waals surface area contributed by atoms with E-state index < -0.39 is 37.3 Å². The predicted octanol–water partition coefficient (Wildman–Crippen LogP) is 6.09. The van der Waals surface area contributed by atoms with Gasteiger partial charge in [-0.3, -0.25) is 0 Å². The van der Waals surface area contributed by atoms with Gasteiger partial charge in [0.05, 0.1) is 0 Å². The molecule has 0 amide bonds. The first-order chi connectivity index (χ1) is 13.8. The van der Waals surface area contributed by atoms with Gasteiger partial charge in [-0.25, -0.2) is 0 Å². The summed E-state index contributed by atoms with van der Waals surface area (Å²) in [5, 5.41) is 0. The summed E-state index contributed by atoms with van der Waals surface area (Å²) in [7, 11) is 13.4. The van der Waals surface area contributed by atoms with Gasteiger partial charge >= 0.3 is 195 Å². The van der Waals surface area contributed by atoms with Crippen molar-refractivity contribution in [3.63, 3.8) is 0 Å². The van der Waals surface area contributed by atoms with Crippen molar-refractivity contribution in [1.29, 1.82) is 0 Å². The molecular formula is C24H34Cl2OSn2. The van der Waals surface area contributed by atoms with Crippen LogP contribution in [0.3, 0.4) is 0 Å². The van der Waals surface area contributed by atoms with Crippen LogP contribution >= 0.6 is 17.8 Å². The van der Waals surface area contributed by atoms with Gasteiger partial charge in [-0.15, -0.1) is 0 Å². The zero-order chi connectivity index (χ0) is 19.6. The molecule has 0 aliphatic heterocycles. The van der Waals surface area contributed by atoms with Crippen LogP contribution in [0.4, 0.5) is 0 Å². The van der Waals surface area contributed by atoms with Crippen molar-refractivity contribution >= 4 is 62.3 Å². The molecule has 0 unspecified atom stereocenters. The SMILES string of the molecule is O.[Cl][Sn]([c]1ccccc1)[CH]1CCCCC1.[Cl][Sn]([c]1ccccc1)[CH]1CCCCC1. The van der Waals surface area contributed by atoms with E-state index in [9.17, 15) is 0 Å². The Kier molecular flexibility index (Phi) is 13.0. The Morgan fingerprint density at radius 2 is 0.828 bits per heavy atom. The monoisotopic (exact) mass is 648 g/mol. The third-order valence-electron chi connectivity index (χ3n) is 6.03. The zero-order valence-corrected chi connectivity index (χ0v) is 24.5. The summed E-state index contributed by atoms with van der Waals surface area (Å²) >= 11 is -3.51. The van der Waals surface area contributed by atoms with Crippen LogP contribution in [-0.2, 0) is 0 Å². The maximum absolute atomic E-state index is 6.68. The third kappa shape index (κ3) is 8.55. The summed E-state index contributed by atoms with van der Waals surface area (Å²) in [6, 6.07) is 21.6. The Morgan fingerprint density at radius 3 is 1.14 bits per heavy atom. The van der Waals surface area contributed by atoms with Gasteiger partial charge in [-0.05, 0) is 0 Å². The molecule has 2 aromatic carbocycles. The molecule has 0 aromatic heterocycles. The molecular weight excluding hydrogens is 613 g/mol. The van der Waals surface area contributed by atoms with Crippen LogP contribution in [0, 0.1) is 0 Å². The molecule has 158 valence electrons. The van der Waals surface area contributed by atoms with Crippen LogP contribution in [0.5, 0.6) is 0 Å². The second kappa shape index (κ2) is 14.6. The summed E-state index contributed by atoms with van der Waals surface area (Å²) < 4.78 is 4.78. The average Bonchev–Trinajstić information content (AvgIpc) is 2.81. The number of hydrogen-bond donors (Lipinski definition) is 0. The fourth-order valence-electron chi connectivity index (χ4n) is 4.38. The molecule has 0 heterocycles. The van der Waals surface area contributed by atoms with Crippen LogP contribution in [0.15, 0.2) is 60.7 Å². The minimum absolute atomic E-state index is 0. The second-order valence-corrected chi connectivity index (χ2v) is 25.5. The van der Waals surface area contributed by atoms with Gasteiger partial charge in [0.25, 0.3) is 0 Å². The summed E-state index contributed by atoms with van der Waals surface area (Å²) in [5.41, 5.74) is 0. The van der Waals surface area contributed by atoms with Crippen LogP contribution in [0.1, 0.15) is 64.2 Å². The van der Waals surface area contributed by atoms with E-state index in [2.05, 4.69) is 60.7 Å². The van der Waals surface area contributed by atoms with Crippen molar-refractivity contribution in [3.05, 3.63) is 60.7 Å². The maximum atomic E-state index is 6.68. The second-order valence-electron chi connectivity index (χ2n) is 8.10. The molecule has 2 fully saturated rings. The van der Waals surface area contributed by atoms with E-state index in [1.807, 2.05) is 0 Å². The Balaban J connectivity index is 0.000000200. The van der Waals surface area contributed by atoms with Crippen molar-refractivity contribution in [2.45, 2.75) is 72.1 Å². The molecule has 0 atom stereocenters. The van der Waals surface area contributed by atoms with Crippen molar-refractivity contribution < 1.29 is 5.48 Å². The zero-order valence-electron chi connectivity index (χ0n) is 17.3. The van der Waals surface area contributed by atoms with Crippen LogP contribution in [-0.4, -0.2) is 42.7 Å². The van der Waals surface area contributed by atoms with Crippen molar-refractivity contribution in [3.8, 4) is 0 Å². The predicted molar refractivity (Wildman–Crippen MR) is 133 cm³/mol. The first-order valence-corrected chi connectivity index (χ1v) is 24.3.